The molecule has 1 atom stereocenters. The number of halogens is 2. The number of benzene rings is 2. The second-order valence-electron chi connectivity index (χ2n) is 7.71. The number of para-hydroxylation sites is 1. The molecular weight excluding hydrogens is 464 g/mol. The smallest absolute Gasteiger partial charge is 0.387 e. The molecule has 1 unspecified atom stereocenters. The molecule has 2 aliphatic heterocycles. The normalized spacial score (nSPS) is 18.2. The molecule has 2 aromatic carbocycles. The molecule has 34 heavy (non-hydrogen) atoms. The molecule has 1 aromatic heterocycles. The Balaban J connectivity index is 1.53. The van der Waals surface area contributed by atoms with Crippen LogP contribution in [0.15, 0.2) is 57.9 Å². The van der Waals surface area contributed by atoms with Crippen LogP contribution in [0.2, 0.25) is 0 Å². The summed E-state index contributed by atoms with van der Waals surface area (Å²) in [6, 6.07) is 12.2. The fourth-order valence-corrected chi connectivity index (χ4v) is 4.65. The number of fused-ring (bicyclic) bond motifs is 1. The zero-order chi connectivity index (χ0) is 23.3. The van der Waals surface area contributed by atoms with Crippen LogP contribution in [0.5, 0.6) is 17.2 Å². The Kier molecular flexibility index (Phi) is 6.87. The highest BCUT2D eigenvalue weighted by molar-refractivity contribution is 7.07. The Hall–Kier alpha value is -3.24. The molecule has 0 bridgehead atoms. The van der Waals surface area contributed by atoms with Crippen molar-refractivity contribution in [2.75, 3.05) is 26.4 Å². The number of thiazole rings is 1. The molecular formula is C24H23F2N3O4S. The number of nitrogens with zero attached hydrogens (tertiary/aromatic N) is 3. The van der Waals surface area contributed by atoms with Crippen molar-refractivity contribution in [2.45, 2.75) is 25.6 Å². The Morgan fingerprint density at radius 3 is 2.79 bits per heavy atom. The van der Waals surface area contributed by atoms with Crippen LogP contribution >= 0.6 is 11.3 Å². The maximum atomic E-state index is 12.8. The minimum Gasteiger partial charge on any atom is -0.486 e. The molecule has 0 amide bonds. The Labute approximate surface area is 198 Å². The van der Waals surface area contributed by atoms with E-state index in [9.17, 15) is 8.78 Å². The summed E-state index contributed by atoms with van der Waals surface area (Å²) in [5, 5.41) is 6.57. The zero-order valence-corrected chi connectivity index (χ0v) is 19.0. The van der Waals surface area contributed by atoms with Crippen molar-refractivity contribution in [3.63, 3.8) is 0 Å². The van der Waals surface area contributed by atoms with Gasteiger partial charge >= 0.3 is 6.61 Å². The first kappa shape index (κ1) is 22.5. The molecule has 2 aliphatic rings. The SMILES string of the molecule is FC(F)Oc1ccccc1/C=N/n1c(-c2ccc3c(c2)OCCO3)csc1=NCC1CCCO1. The molecule has 7 nitrogen and oxygen atoms in total. The topological polar surface area (TPSA) is 66.6 Å². The molecule has 0 saturated carbocycles. The fourth-order valence-electron chi connectivity index (χ4n) is 3.80. The van der Waals surface area contributed by atoms with E-state index in [1.165, 1.54) is 23.6 Å². The number of hydrogen-bond acceptors (Lipinski definition) is 7. The summed E-state index contributed by atoms with van der Waals surface area (Å²) >= 11 is 1.45. The van der Waals surface area contributed by atoms with Crippen molar-refractivity contribution >= 4 is 17.6 Å². The van der Waals surface area contributed by atoms with E-state index in [0.717, 1.165) is 30.7 Å². The van der Waals surface area contributed by atoms with Crippen LogP contribution in [0.1, 0.15) is 18.4 Å². The third kappa shape index (κ3) is 5.13. The Bertz CT molecular complexity index is 1230. The van der Waals surface area contributed by atoms with Crippen molar-refractivity contribution < 1.29 is 27.7 Å². The molecule has 178 valence electrons. The zero-order valence-electron chi connectivity index (χ0n) is 18.2. The van der Waals surface area contributed by atoms with Gasteiger partial charge in [0, 0.05) is 23.1 Å². The van der Waals surface area contributed by atoms with Gasteiger partial charge in [-0.25, -0.2) is 4.68 Å². The van der Waals surface area contributed by atoms with Crippen molar-refractivity contribution in [3.05, 3.63) is 58.2 Å². The van der Waals surface area contributed by atoms with Crippen molar-refractivity contribution in [2.24, 2.45) is 10.1 Å². The number of rotatable bonds is 7. The molecule has 0 N–H and O–H groups in total. The van der Waals surface area contributed by atoms with Crippen LogP contribution in [-0.2, 0) is 4.74 Å². The maximum absolute atomic E-state index is 12.8. The summed E-state index contributed by atoms with van der Waals surface area (Å²) in [5.74, 6) is 1.41. The van der Waals surface area contributed by atoms with Gasteiger partial charge in [0.25, 0.3) is 0 Å². The minimum atomic E-state index is -2.92. The monoisotopic (exact) mass is 487 g/mol. The van der Waals surface area contributed by atoms with Crippen LogP contribution in [-0.4, -0.2) is 50.0 Å². The largest absolute Gasteiger partial charge is 0.486 e. The van der Waals surface area contributed by atoms with Crippen molar-refractivity contribution in [3.8, 4) is 28.5 Å². The van der Waals surface area contributed by atoms with Gasteiger partial charge in [-0.2, -0.15) is 13.9 Å². The molecule has 0 radical (unpaired) electrons. The lowest BCUT2D eigenvalue weighted by Gasteiger charge is -2.18. The average Bonchev–Trinajstić information content (AvgIpc) is 3.51. The molecule has 3 aromatic rings. The lowest BCUT2D eigenvalue weighted by molar-refractivity contribution is -0.0499. The van der Waals surface area contributed by atoms with Gasteiger partial charge in [-0.3, -0.25) is 4.99 Å². The molecule has 5 rings (SSSR count). The fraction of sp³-hybridized carbons (Fsp3) is 0.333. The first-order chi connectivity index (χ1) is 16.7. The number of hydrogen-bond donors (Lipinski definition) is 0. The van der Waals surface area contributed by atoms with Gasteiger partial charge in [0.2, 0.25) is 4.80 Å². The molecule has 1 saturated heterocycles. The van der Waals surface area contributed by atoms with E-state index in [-0.39, 0.29) is 11.9 Å². The van der Waals surface area contributed by atoms with Gasteiger partial charge < -0.3 is 18.9 Å². The second-order valence-corrected chi connectivity index (χ2v) is 8.55. The van der Waals surface area contributed by atoms with E-state index >= 15 is 0 Å². The van der Waals surface area contributed by atoms with Crippen LogP contribution < -0.4 is 19.0 Å². The molecule has 0 spiro atoms. The number of alkyl halides is 2. The first-order valence-electron chi connectivity index (χ1n) is 11.0. The second kappa shape index (κ2) is 10.4. The van der Waals surface area contributed by atoms with Gasteiger partial charge in [0.15, 0.2) is 11.5 Å². The predicted octanol–water partition coefficient (Wildman–Crippen LogP) is 4.55. The molecule has 10 heteroatoms. The first-order valence-corrected chi connectivity index (χ1v) is 11.9. The van der Waals surface area contributed by atoms with E-state index in [1.54, 1.807) is 22.9 Å². The highest BCUT2D eigenvalue weighted by atomic mass is 32.1. The van der Waals surface area contributed by atoms with E-state index in [1.807, 2.05) is 23.6 Å². The predicted molar refractivity (Wildman–Crippen MR) is 124 cm³/mol. The van der Waals surface area contributed by atoms with E-state index in [0.29, 0.717) is 41.6 Å². The Morgan fingerprint density at radius 2 is 1.97 bits per heavy atom. The number of aromatic nitrogens is 1. The summed E-state index contributed by atoms with van der Waals surface area (Å²) in [6.07, 6.45) is 3.60. The van der Waals surface area contributed by atoms with Gasteiger partial charge in [0.1, 0.15) is 19.0 Å². The summed E-state index contributed by atoms with van der Waals surface area (Å²) in [5.41, 5.74) is 2.09. The highest BCUT2D eigenvalue weighted by Crippen LogP contribution is 2.34. The van der Waals surface area contributed by atoms with Gasteiger partial charge in [-0.1, -0.05) is 12.1 Å². The van der Waals surface area contributed by atoms with Gasteiger partial charge in [-0.05, 0) is 43.2 Å². The van der Waals surface area contributed by atoms with Gasteiger partial charge in [-0.15, -0.1) is 11.3 Å². The summed E-state index contributed by atoms with van der Waals surface area (Å²) in [6.45, 7) is -0.634. The molecule has 1 fully saturated rings. The van der Waals surface area contributed by atoms with Crippen molar-refractivity contribution in [1.82, 2.24) is 4.68 Å². The van der Waals surface area contributed by atoms with E-state index in [4.69, 9.17) is 19.2 Å². The highest BCUT2D eigenvalue weighted by Gasteiger charge is 2.17. The minimum absolute atomic E-state index is 0.0517. The maximum Gasteiger partial charge on any atom is 0.387 e. The van der Waals surface area contributed by atoms with Crippen LogP contribution in [0.3, 0.4) is 0 Å². The third-order valence-corrected chi connectivity index (χ3v) is 6.28. The summed E-state index contributed by atoms with van der Waals surface area (Å²) in [7, 11) is 0. The summed E-state index contributed by atoms with van der Waals surface area (Å²) < 4.78 is 49.1. The standard InChI is InChI=1S/C24H23F2N3O4S/c25-23(26)33-20-6-2-1-4-17(20)13-28-29-19(15-34-24(29)27-14-18-5-3-9-30-18)16-7-8-21-22(12-16)32-11-10-31-21/h1-2,4,6-8,12-13,15,18,23H,3,5,9-11,14H2/b27-24?,28-13+. The lowest BCUT2D eigenvalue weighted by Crippen LogP contribution is -2.17. The Morgan fingerprint density at radius 1 is 1.12 bits per heavy atom. The lowest BCUT2D eigenvalue weighted by atomic mass is 10.1. The summed E-state index contributed by atoms with van der Waals surface area (Å²) in [4.78, 5) is 5.41. The van der Waals surface area contributed by atoms with E-state index < -0.39 is 6.61 Å². The molecule has 3 heterocycles. The van der Waals surface area contributed by atoms with Crippen LogP contribution in [0.4, 0.5) is 8.78 Å². The quantitative estimate of drug-likeness (QED) is 0.459. The van der Waals surface area contributed by atoms with Gasteiger partial charge in [0.05, 0.1) is 24.6 Å². The average molecular weight is 488 g/mol. The van der Waals surface area contributed by atoms with Crippen molar-refractivity contribution in [1.29, 1.82) is 0 Å². The van der Waals surface area contributed by atoms with Crippen LogP contribution in [0.25, 0.3) is 11.3 Å². The third-order valence-electron chi connectivity index (χ3n) is 5.42. The van der Waals surface area contributed by atoms with Crippen LogP contribution in [0, 0.1) is 0 Å². The van der Waals surface area contributed by atoms with E-state index in [2.05, 4.69) is 9.84 Å². The number of ether oxygens (including phenoxy) is 4. The molecule has 0 aliphatic carbocycles.